The van der Waals surface area contributed by atoms with Crippen LogP contribution in [-0.4, -0.2) is 34.2 Å². The summed E-state index contributed by atoms with van der Waals surface area (Å²) in [5.41, 5.74) is 1.04. The van der Waals surface area contributed by atoms with Gasteiger partial charge in [0.1, 0.15) is 12.1 Å². The molecule has 3 N–H and O–H groups in total. The molecule has 0 bridgehead atoms. The van der Waals surface area contributed by atoms with Crippen LogP contribution in [0.15, 0.2) is 30.3 Å². The minimum Gasteiger partial charge on any atom is -0.480 e. The number of carboxylic acids is 2. The van der Waals surface area contributed by atoms with Gasteiger partial charge in [-0.15, -0.1) is 0 Å². The molecule has 0 aliphatic carbocycles. The van der Waals surface area contributed by atoms with Gasteiger partial charge in [0.25, 0.3) is 0 Å². The standard InChI is InChI=1S/C15H21NO4/c1-2-6-12(14(17)18)16-13(15(19)20)10-9-11-7-4-3-5-8-11/h3-5,7-8,12-13,16H,2,6,9-10H2,1H3,(H,17,18)(H,19,20). The van der Waals surface area contributed by atoms with Crippen LogP contribution in [0, 0.1) is 0 Å². The third kappa shape index (κ3) is 5.40. The first-order valence-electron chi connectivity index (χ1n) is 6.80. The van der Waals surface area contributed by atoms with Crippen LogP contribution >= 0.6 is 0 Å². The maximum atomic E-state index is 11.2. The predicted octanol–water partition coefficient (Wildman–Crippen LogP) is 1.92. The fourth-order valence-electron chi connectivity index (χ4n) is 2.04. The maximum absolute atomic E-state index is 11.2. The van der Waals surface area contributed by atoms with Gasteiger partial charge in [-0.2, -0.15) is 0 Å². The van der Waals surface area contributed by atoms with E-state index in [0.29, 0.717) is 25.7 Å². The third-order valence-electron chi connectivity index (χ3n) is 3.14. The monoisotopic (exact) mass is 279 g/mol. The number of carbonyl (C=O) groups is 2. The summed E-state index contributed by atoms with van der Waals surface area (Å²) in [6, 6.07) is 7.91. The highest BCUT2D eigenvalue weighted by Gasteiger charge is 2.24. The average molecular weight is 279 g/mol. The summed E-state index contributed by atoms with van der Waals surface area (Å²) in [6.07, 6.45) is 2.08. The van der Waals surface area contributed by atoms with Crippen molar-refractivity contribution in [2.24, 2.45) is 0 Å². The van der Waals surface area contributed by atoms with Gasteiger partial charge in [0.05, 0.1) is 0 Å². The summed E-state index contributed by atoms with van der Waals surface area (Å²) in [7, 11) is 0. The van der Waals surface area contributed by atoms with Crippen LogP contribution in [0.5, 0.6) is 0 Å². The molecule has 0 radical (unpaired) electrons. The lowest BCUT2D eigenvalue weighted by molar-refractivity contribution is -0.142. The van der Waals surface area contributed by atoms with E-state index in [0.717, 1.165) is 5.56 Å². The van der Waals surface area contributed by atoms with Gasteiger partial charge in [-0.1, -0.05) is 43.7 Å². The van der Waals surface area contributed by atoms with Crippen molar-refractivity contribution >= 4 is 11.9 Å². The van der Waals surface area contributed by atoms with Crippen LogP contribution in [0.2, 0.25) is 0 Å². The molecule has 5 nitrogen and oxygen atoms in total. The third-order valence-corrected chi connectivity index (χ3v) is 3.14. The Balaban J connectivity index is 2.60. The predicted molar refractivity (Wildman–Crippen MR) is 75.7 cm³/mol. The van der Waals surface area contributed by atoms with E-state index in [1.807, 2.05) is 37.3 Å². The molecule has 0 heterocycles. The zero-order valence-corrected chi connectivity index (χ0v) is 11.6. The molecule has 1 aromatic rings. The lowest BCUT2D eigenvalue weighted by Crippen LogP contribution is -2.47. The van der Waals surface area contributed by atoms with Crippen molar-refractivity contribution in [3.05, 3.63) is 35.9 Å². The van der Waals surface area contributed by atoms with Gasteiger partial charge < -0.3 is 10.2 Å². The van der Waals surface area contributed by atoms with E-state index in [9.17, 15) is 14.7 Å². The molecule has 0 saturated heterocycles. The van der Waals surface area contributed by atoms with E-state index in [2.05, 4.69) is 5.32 Å². The summed E-state index contributed by atoms with van der Waals surface area (Å²) in [6.45, 7) is 1.87. The van der Waals surface area contributed by atoms with E-state index in [4.69, 9.17) is 5.11 Å². The van der Waals surface area contributed by atoms with E-state index >= 15 is 0 Å². The molecule has 0 aromatic heterocycles. The molecule has 0 spiro atoms. The fraction of sp³-hybridized carbons (Fsp3) is 0.467. The number of nitrogens with one attached hydrogen (secondary N) is 1. The summed E-state index contributed by atoms with van der Waals surface area (Å²) in [5.74, 6) is -2.01. The lowest BCUT2D eigenvalue weighted by atomic mass is 10.0. The van der Waals surface area contributed by atoms with E-state index in [1.54, 1.807) is 0 Å². The molecular formula is C15H21NO4. The van der Waals surface area contributed by atoms with Crippen molar-refractivity contribution < 1.29 is 19.8 Å². The van der Waals surface area contributed by atoms with E-state index < -0.39 is 24.0 Å². The van der Waals surface area contributed by atoms with Crippen molar-refractivity contribution in [1.82, 2.24) is 5.32 Å². The van der Waals surface area contributed by atoms with Gasteiger partial charge >= 0.3 is 11.9 Å². The zero-order valence-electron chi connectivity index (χ0n) is 11.6. The fourth-order valence-corrected chi connectivity index (χ4v) is 2.04. The topological polar surface area (TPSA) is 86.6 Å². The van der Waals surface area contributed by atoms with Crippen LogP contribution in [0.25, 0.3) is 0 Å². The molecular weight excluding hydrogens is 258 g/mol. The Morgan fingerprint density at radius 3 is 2.10 bits per heavy atom. The Hall–Kier alpha value is -1.88. The van der Waals surface area contributed by atoms with Crippen LogP contribution < -0.4 is 5.32 Å². The van der Waals surface area contributed by atoms with Crippen LogP contribution in [0.4, 0.5) is 0 Å². The first kappa shape index (κ1) is 16.2. The van der Waals surface area contributed by atoms with E-state index in [1.165, 1.54) is 0 Å². The molecule has 0 fully saturated rings. The zero-order chi connectivity index (χ0) is 15.0. The highest BCUT2D eigenvalue weighted by Crippen LogP contribution is 2.07. The summed E-state index contributed by atoms with van der Waals surface area (Å²) >= 11 is 0. The lowest BCUT2D eigenvalue weighted by Gasteiger charge is -2.20. The molecule has 0 saturated carbocycles. The van der Waals surface area contributed by atoms with Gasteiger partial charge in [-0.3, -0.25) is 14.9 Å². The quantitative estimate of drug-likeness (QED) is 0.643. The van der Waals surface area contributed by atoms with Crippen molar-refractivity contribution in [3.63, 3.8) is 0 Å². The van der Waals surface area contributed by atoms with Gasteiger partial charge in [0, 0.05) is 0 Å². The first-order chi connectivity index (χ1) is 9.54. The number of hydrogen-bond acceptors (Lipinski definition) is 3. The number of benzene rings is 1. The SMILES string of the molecule is CCCC(NC(CCc1ccccc1)C(=O)O)C(=O)O. The van der Waals surface area contributed by atoms with Crippen LogP contribution in [0.1, 0.15) is 31.7 Å². The van der Waals surface area contributed by atoms with E-state index in [-0.39, 0.29) is 0 Å². The minimum atomic E-state index is -1.01. The largest absolute Gasteiger partial charge is 0.480 e. The minimum absolute atomic E-state index is 0.368. The maximum Gasteiger partial charge on any atom is 0.320 e. The Bertz CT molecular complexity index is 433. The second-order valence-electron chi connectivity index (χ2n) is 4.76. The van der Waals surface area contributed by atoms with Gasteiger partial charge in [-0.25, -0.2) is 0 Å². The Morgan fingerprint density at radius 2 is 1.60 bits per heavy atom. The number of aliphatic carboxylic acids is 2. The van der Waals surface area contributed by atoms with Crippen LogP contribution in [0.3, 0.4) is 0 Å². The van der Waals surface area contributed by atoms with Crippen molar-refractivity contribution in [2.45, 2.75) is 44.7 Å². The highest BCUT2D eigenvalue weighted by atomic mass is 16.4. The van der Waals surface area contributed by atoms with Gasteiger partial charge in [0.15, 0.2) is 0 Å². The van der Waals surface area contributed by atoms with Crippen LogP contribution in [-0.2, 0) is 16.0 Å². The molecule has 1 aromatic carbocycles. The van der Waals surface area contributed by atoms with Gasteiger partial charge in [-0.05, 0) is 24.8 Å². The summed E-state index contributed by atoms with van der Waals surface area (Å²) < 4.78 is 0. The van der Waals surface area contributed by atoms with Crippen molar-refractivity contribution in [2.75, 3.05) is 0 Å². The molecule has 5 heteroatoms. The molecule has 2 unspecified atom stereocenters. The second kappa shape index (κ2) is 8.32. The second-order valence-corrected chi connectivity index (χ2v) is 4.76. The number of rotatable bonds is 9. The first-order valence-corrected chi connectivity index (χ1v) is 6.80. The average Bonchev–Trinajstić information content (AvgIpc) is 2.42. The Morgan fingerprint density at radius 1 is 1.05 bits per heavy atom. The Kier molecular flexibility index (Phi) is 6.73. The normalized spacial score (nSPS) is 13.7. The molecule has 20 heavy (non-hydrogen) atoms. The molecule has 2 atom stereocenters. The summed E-state index contributed by atoms with van der Waals surface area (Å²) in [5, 5.41) is 21.0. The molecule has 1 rings (SSSR count). The number of carboxylic acid groups (broad SMARTS) is 2. The van der Waals surface area contributed by atoms with Crippen molar-refractivity contribution in [1.29, 1.82) is 0 Å². The molecule has 0 aliphatic heterocycles. The molecule has 0 amide bonds. The number of aryl methyl sites for hydroxylation is 1. The summed E-state index contributed by atoms with van der Waals surface area (Å²) in [4.78, 5) is 22.3. The molecule has 0 aliphatic rings. The smallest absolute Gasteiger partial charge is 0.320 e. The molecule has 110 valence electrons. The Labute approximate surface area is 118 Å². The highest BCUT2D eigenvalue weighted by molar-refractivity contribution is 5.77. The number of hydrogen-bond donors (Lipinski definition) is 3. The van der Waals surface area contributed by atoms with Gasteiger partial charge in [0.2, 0.25) is 0 Å². The van der Waals surface area contributed by atoms with Crippen molar-refractivity contribution in [3.8, 4) is 0 Å².